The van der Waals surface area contributed by atoms with Crippen LogP contribution in [0.25, 0.3) is 10.9 Å². The molecule has 1 atom stereocenters. The van der Waals surface area contributed by atoms with E-state index in [0.29, 0.717) is 10.9 Å². The van der Waals surface area contributed by atoms with Crippen LogP contribution >= 0.6 is 0 Å². The van der Waals surface area contributed by atoms with E-state index in [9.17, 15) is 8.42 Å². The summed E-state index contributed by atoms with van der Waals surface area (Å²) in [7, 11) is -2.42. The maximum Gasteiger partial charge on any atom is 0.244 e. The molecule has 7 nitrogen and oxygen atoms in total. The molecule has 1 heterocycles. The third-order valence-electron chi connectivity index (χ3n) is 3.35. The molecular formula is C13H16N4O3S. The minimum atomic E-state index is -3.80. The molecule has 2 aromatic rings. The summed E-state index contributed by atoms with van der Waals surface area (Å²) in [5.74, 6) is -0.181. The molecular weight excluding hydrogens is 292 g/mol. The van der Waals surface area contributed by atoms with Gasteiger partial charge in [-0.15, -0.1) is 0 Å². The Kier molecular flexibility index (Phi) is 4.10. The second-order valence-corrected chi connectivity index (χ2v) is 6.51. The number of amidine groups is 1. The number of sulfonamides is 1. The molecule has 0 saturated carbocycles. The number of pyridine rings is 1. The normalized spacial score (nSPS) is 14.5. The molecule has 1 unspecified atom stereocenters. The summed E-state index contributed by atoms with van der Waals surface area (Å²) in [4.78, 5) is 4.27. The minimum Gasteiger partial charge on any atom is -0.409 e. The molecule has 0 bridgehead atoms. The van der Waals surface area contributed by atoms with Gasteiger partial charge in [0.2, 0.25) is 10.0 Å². The van der Waals surface area contributed by atoms with E-state index >= 15 is 0 Å². The highest BCUT2D eigenvalue weighted by Gasteiger charge is 2.29. The lowest BCUT2D eigenvalue weighted by Gasteiger charge is -2.23. The van der Waals surface area contributed by atoms with Gasteiger partial charge in [-0.05, 0) is 31.2 Å². The van der Waals surface area contributed by atoms with E-state index in [0.717, 1.165) is 4.31 Å². The van der Waals surface area contributed by atoms with Crippen LogP contribution in [0.1, 0.15) is 6.92 Å². The summed E-state index contributed by atoms with van der Waals surface area (Å²) in [5, 5.41) is 12.1. The number of rotatable bonds is 4. The molecule has 1 aromatic heterocycles. The number of benzene rings is 1. The van der Waals surface area contributed by atoms with E-state index in [-0.39, 0.29) is 10.7 Å². The van der Waals surface area contributed by atoms with Gasteiger partial charge in [0, 0.05) is 18.6 Å². The van der Waals surface area contributed by atoms with Crippen LogP contribution in [0, 0.1) is 0 Å². The first-order valence-corrected chi connectivity index (χ1v) is 7.62. The topological polar surface area (TPSA) is 109 Å². The van der Waals surface area contributed by atoms with Crippen molar-refractivity contribution in [2.75, 3.05) is 7.05 Å². The number of nitrogens with zero attached hydrogens (tertiary/aromatic N) is 3. The van der Waals surface area contributed by atoms with Crippen LogP contribution in [0.3, 0.4) is 0 Å². The van der Waals surface area contributed by atoms with Crippen LogP contribution in [-0.2, 0) is 10.0 Å². The molecule has 112 valence electrons. The van der Waals surface area contributed by atoms with Gasteiger partial charge in [0.15, 0.2) is 5.84 Å². The van der Waals surface area contributed by atoms with E-state index in [1.54, 1.807) is 30.5 Å². The Hall–Kier alpha value is -2.19. The van der Waals surface area contributed by atoms with Gasteiger partial charge in [-0.2, -0.15) is 4.31 Å². The van der Waals surface area contributed by atoms with E-state index in [2.05, 4.69) is 10.1 Å². The lowest BCUT2D eigenvalue weighted by atomic mass is 10.2. The Balaban J connectivity index is 2.57. The third kappa shape index (κ3) is 2.67. The highest BCUT2D eigenvalue weighted by Crippen LogP contribution is 2.24. The number of likely N-dealkylation sites (N-methyl/N-ethyl adjacent to an activating group) is 1. The van der Waals surface area contributed by atoms with Crippen LogP contribution in [0.4, 0.5) is 0 Å². The largest absolute Gasteiger partial charge is 0.409 e. The van der Waals surface area contributed by atoms with Gasteiger partial charge in [-0.25, -0.2) is 8.42 Å². The van der Waals surface area contributed by atoms with Crippen molar-refractivity contribution in [2.45, 2.75) is 17.9 Å². The van der Waals surface area contributed by atoms with E-state index in [1.165, 1.54) is 20.0 Å². The van der Waals surface area contributed by atoms with E-state index in [4.69, 9.17) is 10.9 Å². The van der Waals surface area contributed by atoms with E-state index in [1.807, 2.05) is 0 Å². The number of nitrogens with two attached hydrogens (primary N) is 1. The van der Waals surface area contributed by atoms with Crippen molar-refractivity contribution in [3.8, 4) is 0 Å². The molecule has 0 spiro atoms. The Morgan fingerprint density at radius 1 is 1.38 bits per heavy atom. The predicted molar refractivity (Wildman–Crippen MR) is 79.6 cm³/mol. The molecule has 2 rings (SSSR count). The molecule has 0 amide bonds. The lowest BCUT2D eigenvalue weighted by Crippen LogP contribution is -2.43. The Bertz CT molecular complexity index is 784. The average Bonchev–Trinajstić information content (AvgIpc) is 2.51. The Morgan fingerprint density at radius 3 is 2.76 bits per heavy atom. The molecule has 1 aromatic carbocycles. The second kappa shape index (κ2) is 5.66. The van der Waals surface area contributed by atoms with Gasteiger partial charge in [0.05, 0.1) is 16.5 Å². The molecule has 0 fully saturated rings. The van der Waals surface area contributed by atoms with Gasteiger partial charge >= 0.3 is 0 Å². The zero-order valence-corrected chi connectivity index (χ0v) is 12.4. The van der Waals surface area contributed by atoms with Gasteiger partial charge in [-0.1, -0.05) is 11.2 Å². The van der Waals surface area contributed by atoms with Gasteiger partial charge in [0.1, 0.15) is 0 Å². The number of aromatic nitrogens is 1. The molecule has 0 aliphatic rings. The summed E-state index contributed by atoms with van der Waals surface area (Å²) in [6, 6.07) is 7.47. The van der Waals surface area contributed by atoms with Gasteiger partial charge in [-0.3, -0.25) is 4.98 Å². The van der Waals surface area contributed by atoms with Crippen LogP contribution in [-0.4, -0.2) is 41.8 Å². The fourth-order valence-corrected chi connectivity index (χ4v) is 3.47. The summed E-state index contributed by atoms with van der Waals surface area (Å²) in [6.45, 7) is 1.54. The zero-order chi connectivity index (χ0) is 15.6. The minimum absolute atomic E-state index is 0.133. The molecule has 21 heavy (non-hydrogen) atoms. The van der Waals surface area contributed by atoms with Crippen LogP contribution < -0.4 is 5.73 Å². The number of hydrogen-bond acceptors (Lipinski definition) is 5. The van der Waals surface area contributed by atoms with Crippen molar-refractivity contribution >= 4 is 26.8 Å². The number of fused-ring (bicyclic) bond motifs is 1. The highest BCUT2D eigenvalue weighted by molar-refractivity contribution is 7.89. The molecule has 0 radical (unpaired) electrons. The van der Waals surface area contributed by atoms with Crippen LogP contribution in [0.15, 0.2) is 46.6 Å². The van der Waals surface area contributed by atoms with Gasteiger partial charge < -0.3 is 10.9 Å². The van der Waals surface area contributed by atoms with Crippen LogP contribution in [0.5, 0.6) is 0 Å². The van der Waals surface area contributed by atoms with Crippen molar-refractivity contribution < 1.29 is 13.6 Å². The summed E-state index contributed by atoms with van der Waals surface area (Å²) in [6.07, 6.45) is 1.60. The lowest BCUT2D eigenvalue weighted by molar-refractivity contribution is 0.311. The fourth-order valence-electron chi connectivity index (χ4n) is 1.93. The van der Waals surface area contributed by atoms with E-state index < -0.39 is 16.1 Å². The van der Waals surface area contributed by atoms with Crippen LogP contribution in [0.2, 0.25) is 0 Å². The Morgan fingerprint density at radius 2 is 2.10 bits per heavy atom. The molecule has 0 saturated heterocycles. The molecule has 8 heteroatoms. The summed E-state index contributed by atoms with van der Waals surface area (Å²) < 4.78 is 26.5. The maximum atomic E-state index is 12.7. The first-order valence-electron chi connectivity index (χ1n) is 6.18. The monoisotopic (exact) mass is 308 g/mol. The molecule has 0 aliphatic carbocycles. The Labute approximate surface area is 122 Å². The number of oxime groups is 1. The summed E-state index contributed by atoms with van der Waals surface area (Å²) in [5.41, 5.74) is 6.07. The van der Waals surface area contributed by atoms with Gasteiger partial charge in [0.25, 0.3) is 0 Å². The highest BCUT2D eigenvalue weighted by atomic mass is 32.2. The standard InChI is InChI=1S/C13H16N4O3S/c1-9(13(14)16-18)17(2)21(19,20)12-7-3-6-11-10(12)5-4-8-15-11/h3-9,18H,1-2H3,(H2,14,16). The quantitative estimate of drug-likeness (QED) is 0.379. The van der Waals surface area contributed by atoms with Crippen molar-refractivity contribution in [1.29, 1.82) is 0 Å². The average molecular weight is 308 g/mol. The smallest absolute Gasteiger partial charge is 0.244 e. The first-order chi connectivity index (χ1) is 9.89. The van der Waals surface area contributed by atoms with Crippen molar-refractivity contribution in [1.82, 2.24) is 9.29 Å². The summed E-state index contributed by atoms with van der Waals surface area (Å²) >= 11 is 0. The first kappa shape index (κ1) is 15.2. The molecule has 0 aliphatic heterocycles. The molecule has 3 N–H and O–H groups in total. The zero-order valence-electron chi connectivity index (χ0n) is 11.6. The van der Waals surface area contributed by atoms with Crippen molar-refractivity contribution in [3.05, 3.63) is 36.5 Å². The predicted octanol–water partition coefficient (Wildman–Crippen LogP) is 0.990. The van der Waals surface area contributed by atoms with Crippen molar-refractivity contribution in [2.24, 2.45) is 10.9 Å². The third-order valence-corrected chi connectivity index (χ3v) is 5.34. The fraction of sp³-hybridized carbons (Fsp3) is 0.231. The number of hydrogen-bond donors (Lipinski definition) is 2. The second-order valence-electron chi connectivity index (χ2n) is 4.55. The SMILES string of the molecule is CC(/C(N)=N/O)N(C)S(=O)(=O)c1cccc2ncccc12. The van der Waals surface area contributed by atoms with Crippen molar-refractivity contribution in [3.63, 3.8) is 0 Å². The maximum absolute atomic E-state index is 12.7.